The van der Waals surface area contributed by atoms with E-state index >= 15 is 0 Å². The Bertz CT molecular complexity index is 365. The van der Waals surface area contributed by atoms with Gasteiger partial charge in [-0.05, 0) is 28.8 Å². The van der Waals surface area contributed by atoms with Gasteiger partial charge < -0.3 is 16.0 Å². The summed E-state index contributed by atoms with van der Waals surface area (Å²) in [6, 6.07) is 0.193. The van der Waals surface area contributed by atoms with Gasteiger partial charge >= 0.3 is 0 Å². The van der Waals surface area contributed by atoms with Gasteiger partial charge in [0, 0.05) is 12.6 Å². The average Bonchev–Trinajstić information content (AvgIpc) is 2.24. The molecule has 5 nitrogen and oxygen atoms in total. The molecule has 6 heteroatoms. The third-order valence-corrected chi connectivity index (χ3v) is 2.86. The Labute approximate surface area is 96.6 Å². The molecule has 0 aromatic carbocycles. The summed E-state index contributed by atoms with van der Waals surface area (Å²) >= 11 is 3.16. The molecule has 1 heterocycles. The van der Waals surface area contributed by atoms with Crippen molar-refractivity contribution in [3.8, 4) is 0 Å². The summed E-state index contributed by atoms with van der Waals surface area (Å²) in [5.41, 5.74) is 5.58. The predicted molar refractivity (Wildman–Crippen MR) is 63.9 cm³/mol. The van der Waals surface area contributed by atoms with Gasteiger partial charge in [-0.2, -0.15) is 0 Å². The largest absolute Gasteiger partial charge is 0.369 e. The number of aromatic nitrogens is 2. The quantitative estimate of drug-likeness (QED) is 0.750. The van der Waals surface area contributed by atoms with E-state index in [-0.39, 0.29) is 11.6 Å². The van der Waals surface area contributed by atoms with Crippen LogP contribution < -0.4 is 16.6 Å². The van der Waals surface area contributed by atoms with E-state index < -0.39 is 0 Å². The van der Waals surface area contributed by atoms with Crippen LogP contribution in [0.1, 0.15) is 19.8 Å². The second-order valence-corrected chi connectivity index (χ2v) is 4.07. The van der Waals surface area contributed by atoms with E-state index in [4.69, 9.17) is 5.73 Å². The molecule has 0 radical (unpaired) electrons. The van der Waals surface area contributed by atoms with E-state index in [2.05, 4.69) is 31.2 Å². The van der Waals surface area contributed by atoms with Crippen LogP contribution in [0.2, 0.25) is 0 Å². The highest BCUT2D eigenvalue weighted by Crippen LogP contribution is 2.12. The third-order valence-electron chi connectivity index (χ3n) is 2.13. The standard InChI is InChI=1S/C9H15BrN4O/c1-2-6(11)3-4-12-8-7(10)9(15)14-5-13-8/h5-6H,2-4,11H2,1H3,(H2,12,13,14,15). The smallest absolute Gasteiger partial charge is 0.267 e. The molecule has 1 unspecified atom stereocenters. The molecule has 0 spiro atoms. The van der Waals surface area contributed by atoms with Crippen molar-refractivity contribution in [2.75, 3.05) is 11.9 Å². The summed E-state index contributed by atoms with van der Waals surface area (Å²) in [6.07, 6.45) is 3.18. The number of nitrogens with two attached hydrogens (primary N) is 1. The Morgan fingerprint density at radius 3 is 3.13 bits per heavy atom. The van der Waals surface area contributed by atoms with Crippen molar-refractivity contribution in [1.82, 2.24) is 9.97 Å². The normalized spacial score (nSPS) is 12.5. The Morgan fingerprint density at radius 1 is 1.73 bits per heavy atom. The van der Waals surface area contributed by atoms with Crippen molar-refractivity contribution in [2.45, 2.75) is 25.8 Å². The van der Waals surface area contributed by atoms with E-state index in [0.29, 0.717) is 16.8 Å². The maximum absolute atomic E-state index is 11.2. The zero-order chi connectivity index (χ0) is 11.3. The van der Waals surface area contributed by atoms with Crippen LogP contribution in [0.4, 0.5) is 5.82 Å². The monoisotopic (exact) mass is 274 g/mol. The minimum atomic E-state index is -0.188. The predicted octanol–water partition coefficient (Wildman–Crippen LogP) is 1.07. The maximum Gasteiger partial charge on any atom is 0.267 e. The number of nitrogens with one attached hydrogen (secondary N) is 2. The van der Waals surface area contributed by atoms with E-state index in [1.165, 1.54) is 6.33 Å². The molecule has 1 atom stereocenters. The van der Waals surface area contributed by atoms with E-state index in [1.54, 1.807) is 0 Å². The molecule has 0 bridgehead atoms. The molecule has 0 aliphatic heterocycles. The van der Waals surface area contributed by atoms with Crippen LogP contribution in [-0.2, 0) is 0 Å². The number of hydrogen-bond acceptors (Lipinski definition) is 4. The summed E-state index contributed by atoms with van der Waals surface area (Å²) < 4.78 is 0.426. The molecule has 1 aromatic heterocycles. The van der Waals surface area contributed by atoms with Crippen LogP contribution in [0, 0.1) is 0 Å². The fraction of sp³-hybridized carbons (Fsp3) is 0.556. The van der Waals surface area contributed by atoms with Gasteiger partial charge in [0.1, 0.15) is 10.3 Å². The van der Waals surface area contributed by atoms with Gasteiger partial charge in [-0.25, -0.2) is 4.98 Å². The third kappa shape index (κ3) is 3.64. The van der Waals surface area contributed by atoms with Crippen molar-refractivity contribution in [2.24, 2.45) is 5.73 Å². The van der Waals surface area contributed by atoms with Crippen molar-refractivity contribution < 1.29 is 0 Å². The van der Waals surface area contributed by atoms with Gasteiger partial charge in [-0.3, -0.25) is 4.79 Å². The Morgan fingerprint density at radius 2 is 2.47 bits per heavy atom. The molecule has 0 aliphatic carbocycles. The van der Waals surface area contributed by atoms with Gasteiger partial charge in [0.15, 0.2) is 0 Å². The number of halogens is 1. The van der Waals surface area contributed by atoms with Crippen LogP contribution in [-0.4, -0.2) is 22.6 Å². The lowest BCUT2D eigenvalue weighted by Gasteiger charge is -2.10. The minimum Gasteiger partial charge on any atom is -0.369 e. The fourth-order valence-corrected chi connectivity index (χ4v) is 1.44. The Kier molecular flexibility index (Phi) is 4.77. The Balaban J connectivity index is 2.51. The van der Waals surface area contributed by atoms with E-state index in [9.17, 15) is 4.79 Å². The molecular weight excluding hydrogens is 260 g/mol. The second-order valence-electron chi connectivity index (χ2n) is 3.28. The van der Waals surface area contributed by atoms with Crippen LogP contribution in [0.25, 0.3) is 0 Å². The molecule has 0 amide bonds. The van der Waals surface area contributed by atoms with Gasteiger partial charge in [0.2, 0.25) is 0 Å². The highest BCUT2D eigenvalue weighted by molar-refractivity contribution is 9.10. The zero-order valence-electron chi connectivity index (χ0n) is 8.59. The lowest BCUT2D eigenvalue weighted by atomic mass is 10.2. The highest BCUT2D eigenvalue weighted by Gasteiger charge is 2.05. The molecule has 1 aromatic rings. The van der Waals surface area contributed by atoms with E-state index in [0.717, 1.165) is 12.8 Å². The molecular formula is C9H15BrN4O. The van der Waals surface area contributed by atoms with Crippen LogP contribution in [0.3, 0.4) is 0 Å². The van der Waals surface area contributed by atoms with Crippen LogP contribution >= 0.6 is 15.9 Å². The number of aromatic amines is 1. The maximum atomic E-state index is 11.2. The zero-order valence-corrected chi connectivity index (χ0v) is 10.2. The van der Waals surface area contributed by atoms with Gasteiger partial charge in [-0.15, -0.1) is 0 Å². The summed E-state index contributed by atoms with van der Waals surface area (Å²) in [6.45, 7) is 2.76. The second kappa shape index (κ2) is 5.87. The van der Waals surface area contributed by atoms with Crippen molar-refractivity contribution >= 4 is 21.7 Å². The summed E-state index contributed by atoms with van der Waals surface area (Å²) in [4.78, 5) is 17.7. The number of anilines is 1. The molecule has 0 saturated heterocycles. The number of nitrogens with zero attached hydrogens (tertiary/aromatic N) is 1. The van der Waals surface area contributed by atoms with Crippen molar-refractivity contribution in [3.05, 3.63) is 21.2 Å². The number of hydrogen-bond donors (Lipinski definition) is 3. The summed E-state index contributed by atoms with van der Waals surface area (Å²) in [5, 5.41) is 3.06. The van der Waals surface area contributed by atoms with Gasteiger partial charge in [-0.1, -0.05) is 6.92 Å². The van der Waals surface area contributed by atoms with E-state index in [1.807, 2.05) is 6.92 Å². The molecule has 4 N–H and O–H groups in total. The molecule has 84 valence electrons. The summed E-state index contributed by atoms with van der Waals surface area (Å²) in [5.74, 6) is 0.557. The molecule has 1 rings (SSSR count). The fourth-order valence-electron chi connectivity index (χ4n) is 1.09. The lowest BCUT2D eigenvalue weighted by Crippen LogP contribution is -2.23. The molecule has 0 saturated carbocycles. The van der Waals surface area contributed by atoms with Crippen LogP contribution in [0.15, 0.2) is 15.6 Å². The summed E-state index contributed by atoms with van der Waals surface area (Å²) in [7, 11) is 0. The van der Waals surface area contributed by atoms with Crippen molar-refractivity contribution in [1.29, 1.82) is 0 Å². The lowest BCUT2D eigenvalue weighted by molar-refractivity contribution is 0.613. The minimum absolute atomic E-state index is 0.188. The molecule has 15 heavy (non-hydrogen) atoms. The van der Waals surface area contributed by atoms with Crippen LogP contribution in [0.5, 0.6) is 0 Å². The first kappa shape index (κ1) is 12.2. The number of H-pyrrole nitrogens is 1. The van der Waals surface area contributed by atoms with Gasteiger partial charge in [0.25, 0.3) is 5.56 Å². The van der Waals surface area contributed by atoms with Crippen molar-refractivity contribution in [3.63, 3.8) is 0 Å². The molecule has 0 aliphatic rings. The highest BCUT2D eigenvalue weighted by atomic mass is 79.9. The SMILES string of the molecule is CCC(N)CCNc1nc[nH]c(=O)c1Br. The average molecular weight is 275 g/mol. The first-order valence-corrected chi connectivity index (χ1v) is 5.67. The topological polar surface area (TPSA) is 83.8 Å². The first-order valence-electron chi connectivity index (χ1n) is 4.87. The number of rotatable bonds is 5. The molecule has 0 fully saturated rings. The van der Waals surface area contributed by atoms with Gasteiger partial charge in [0.05, 0.1) is 6.33 Å². The Hall–Kier alpha value is -0.880. The first-order chi connectivity index (χ1) is 7.15.